The van der Waals surface area contributed by atoms with Gasteiger partial charge in [-0.2, -0.15) is 0 Å². The van der Waals surface area contributed by atoms with Crippen molar-refractivity contribution >= 4 is 12.0 Å². The van der Waals surface area contributed by atoms with E-state index in [1.54, 1.807) is 13.2 Å². The highest BCUT2D eigenvalue weighted by molar-refractivity contribution is 5.91. The summed E-state index contributed by atoms with van der Waals surface area (Å²) < 4.78 is 5.09. The second-order valence-electron chi connectivity index (χ2n) is 3.54. The highest BCUT2D eigenvalue weighted by Crippen LogP contribution is 2.13. The number of nitrogens with two attached hydrogens (primary N) is 1. The standard InChI is InChI=1S/C13H18N2O2/c1-17-12-5-2-4-11(10-12)6-7-13(16)15-9-3-8-14/h2,4-7,10H,3,8-9,14H2,1H3,(H,15,16)/b7-6+. The predicted octanol–water partition coefficient (Wildman–Crippen LogP) is 1.17. The minimum atomic E-state index is -0.110. The van der Waals surface area contributed by atoms with Gasteiger partial charge in [-0.25, -0.2) is 0 Å². The Labute approximate surface area is 101 Å². The zero-order chi connectivity index (χ0) is 12.5. The predicted molar refractivity (Wildman–Crippen MR) is 68.7 cm³/mol. The van der Waals surface area contributed by atoms with E-state index in [-0.39, 0.29) is 5.91 Å². The maximum atomic E-state index is 11.4. The molecule has 0 radical (unpaired) electrons. The van der Waals surface area contributed by atoms with E-state index >= 15 is 0 Å². The molecule has 0 fully saturated rings. The number of amides is 1. The maximum Gasteiger partial charge on any atom is 0.243 e. The first-order valence-electron chi connectivity index (χ1n) is 5.56. The molecule has 0 aliphatic heterocycles. The zero-order valence-electron chi connectivity index (χ0n) is 9.98. The summed E-state index contributed by atoms with van der Waals surface area (Å²) in [6.07, 6.45) is 4.05. The first-order chi connectivity index (χ1) is 8.26. The van der Waals surface area contributed by atoms with Crippen LogP contribution in [0.1, 0.15) is 12.0 Å². The van der Waals surface area contributed by atoms with Gasteiger partial charge in [-0.3, -0.25) is 4.79 Å². The molecule has 0 aliphatic rings. The fourth-order valence-corrected chi connectivity index (χ4v) is 1.29. The van der Waals surface area contributed by atoms with Crippen molar-refractivity contribution in [2.75, 3.05) is 20.2 Å². The van der Waals surface area contributed by atoms with Gasteiger partial charge >= 0.3 is 0 Å². The number of carbonyl (C=O) groups is 1. The van der Waals surface area contributed by atoms with Gasteiger partial charge in [-0.15, -0.1) is 0 Å². The number of rotatable bonds is 6. The van der Waals surface area contributed by atoms with Gasteiger partial charge in [0.15, 0.2) is 0 Å². The molecule has 4 heteroatoms. The summed E-state index contributed by atoms with van der Waals surface area (Å²) in [5, 5.41) is 2.75. The number of ether oxygens (including phenoxy) is 1. The first kappa shape index (κ1) is 13.3. The Balaban J connectivity index is 2.48. The molecule has 0 heterocycles. The minimum absolute atomic E-state index is 0.110. The third kappa shape index (κ3) is 5.17. The Kier molecular flexibility index (Phi) is 5.82. The van der Waals surface area contributed by atoms with Crippen LogP contribution in [0.4, 0.5) is 0 Å². The molecule has 0 spiro atoms. The van der Waals surface area contributed by atoms with Crippen LogP contribution < -0.4 is 15.8 Å². The van der Waals surface area contributed by atoms with E-state index in [1.807, 2.05) is 24.3 Å². The number of nitrogens with one attached hydrogen (secondary N) is 1. The zero-order valence-corrected chi connectivity index (χ0v) is 9.98. The van der Waals surface area contributed by atoms with Crippen molar-refractivity contribution in [3.8, 4) is 5.75 Å². The van der Waals surface area contributed by atoms with Crippen LogP contribution in [0, 0.1) is 0 Å². The van der Waals surface area contributed by atoms with Crippen LogP contribution in [-0.4, -0.2) is 26.1 Å². The van der Waals surface area contributed by atoms with Crippen molar-refractivity contribution in [2.45, 2.75) is 6.42 Å². The van der Waals surface area contributed by atoms with E-state index in [2.05, 4.69) is 5.32 Å². The summed E-state index contributed by atoms with van der Waals surface area (Å²) in [5.41, 5.74) is 6.26. The van der Waals surface area contributed by atoms with Gasteiger partial charge in [-0.05, 0) is 36.7 Å². The molecule has 1 aromatic carbocycles. The van der Waals surface area contributed by atoms with Crippen molar-refractivity contribution in [1.29, 1.82) is 0 Å². The van der Waals surface area contributed by atoms with Crippen LogP contribution in [0.25, 0.3) is 6.08 Å². The average Bonchev–Trinajstić information content (AvgIpc) is 2.37. The van der Waals surface area contributed by atoms with Crippen molar-refractivity contribution in [3.05, 3.63) is 35.9 Å². The number of hydrogen-bond acceptors (Lipinski definition) is 3. The molecule has 0 atom stereocenters. The number of methoxy groups -OCH3 is 1. The van der Waals surface area contributed by atoms with E-state index in [0.717, 1.165) is 17.7 Å². The molecule has 4 nitrogen and oxygen atoms in total. The Morgan fingerprint density at radius 3 is 3.06 bits per heavy atom. The highest BCUT2D eigenvalue weighted by Gasteiger charge is 1.95. The van der Waals surface area contributed by atoms with Gasteiger partial charge in [0.1, 0.15) is 5.75 Å². The molecule has 0 bridgehead atoms. The molecule has 1 amide bonds. The lowest BCUT2D eigenvalue weighted by Gasteiger charge is -2.01. The number of benzene rings is 1. The molecular formula is C13H18N2O2. The summed E-state index contributed by atoms with van der Waals surface area (Å²) in [4.78, 5) is 11.4. The Morgan fingerprint density at radius 2 is 2.35 bits per heavy atom. The lowest BCUT2D eigenvalue weighted by Crippen LogP contribution is -2.23. The van der Waals surface area contributed by atoms with Gasteiger partial charge in [0.25, 0.3) is 0 Å². The van der Waals surface area contributed by atoms with Crippen LogP contribution in [-0.2, 0) is 4.79 Å². The lowest BCUT2D eigenvalue weighted by atomic mass is 10.2. The minimum Gasteiger partial charge on any atom is -0.497 e. The van der Waals surface area contributed by atoms with E-state index < -0.39 is 0 Å². The lowest BCUT2D eigenvalue weighted by molar-refractivity contribution is -0.116. The Morgan fingerprint density at radius 1 is 1.53 bits per heavy atom. The Hall–Kier alpha value is -1.81. The first-order valence-corrected chi connectivity index (χ1v) is 5.56. The molecule has 0 aliphatic carbocycles. The molecule has 3 N–H and O–H groups in total. The van der Waals surface area contributed by atoms with Crippen molar-refractivity contribution < 1.29 is 9.53 Å². The van der Waals surface area contributed by atoms with Crippen molar-refractivity contribution in [2.24, 2.45) is 5.73 Å². The molecule has 0 saturated heterocycles. The maximum absolute atomic E-state index is 11.4. The molecule has 0 saturated carbocycles. The molecule has 0 unspecified atom stereocenters. The van der Waals surface area contributed by atoms with Crippen molar-refractivity contribution in [1.82, 2.24) is 5.32 Å². The van der Waals surface area contributed by atoms with E-state index in [4.69, 9.17) is 10.5 Å². The van der Waals surface area contributed by atoms with Gasteiger partial charge in [0.2, 0.25) is 5.91 Å². The number of hydrogen-bond donors (Lipinski definition) is 2. The normalized spacial score (nSPS) is 10.5. The highest BCUT2D eigenvalue weighted by atomic mass is 16.5. The second kappa shape index (κ2) is 7.46. The SMILES string of the molecule is COc1cccc(/C=C/C(=O)NCCCN)c1. The van der Waals surface area contributed by atoms with Crippen LogP contribution >= 0.6 is 0 Å². The van der Waals surface area contributed by atoms with Crippen LogP contribution in [0.15, 0.2) is 30.3 Å². The van der Waals surface area contributed by atoms with E-state index in [0.29, 0.717) is 13.1 Å². The quantitative estimate of drug-likeness (QED) is 0.573. The molecule has 0 aromatic heterocycles. The number of carbonyl (C=O) groups excluding carboxylic acids is 1. The van der Waals surface area contributed by atoms with E-state index in [9.17, 15) is 4.79 Å². The molecule has 1 aromatic rings. The van der Waals surface area contributed by atoms with Crippen LogP contribution in [0.5, 0.6) is 5.75 Å². The van der Waals surface area contributed by atoms with Gasteiger partial charge in [-0.1, -0.05) is 12.1 Å². The average molecular weight is 234 g/mol. The largest absolute Gasteiger partial charge is 0.497 e. The Bertz CT molecular complexity index is 389. The fraction of sp³-hybridized carbons (Fsp3) is 0.308. The molecule has 1 rings (SSSR count). The summed E-state index contributed by atoms with van der Waals surface area (Å²) in [6, 6.07) is 7.51. The monoisotopic (exact) mass is 234 g/mol. The second-order valence-corrected chi connectivity index (χ2v) is 3.54. The van der Waals surface area contributed by atoms with Gasteiger partial charge < -0.3 is 15.8 Å². The molecule has 92 valence electrons. The fourth-order valence-electron chi connectivity index (χ4n) is 1.29. The van der Waals surface area contributed by atoms with E-state index in [1.165, 1.54) is 6.08 Å². The summed E-state index contributed by atoms with van der Waals surface area (Å²) in [5.74, 6) is 0.664. The summed E-state index contributed by atoms with van der Waals surface area (Å²) >= 11 is 0. The molecule has 17 heavy (non-hydrogen) atoms. The topological polar surface area (TPSA) is 64.3 Å². The third-order valence-corrected chi connectivity index (χ3v) is 2.20. The van der Waals surface area contributed by atoms with Gasteiger partial charge in [0, 0.05) is 12.6 Å². The van der Waals surface area contributed by atoms with Crippen molar-refractivity contribution in [3.63, 3.8) is 0 Å². The third-order valence-electron chi connectivity index (χ3n) is 2.20. The molecular weight excluding hydrogens is 216 g/mol. The van der Waals surface area contributed by atoms with Crippen LogP contribution in [0.3, 0.4) is 0 Å². The van der Waals surface area contributed by atoms with Crippen LogP contribution in [0.2, 0.25) is 0 Å². The van der Waals surface area contributed by atoms with Gasteiger partial charge in [0.05, 0.1) is 7.11 Å². The summed E-state index contributed by atoms with van der Waals surface area (Å²) in [6.45, 7) is 1.19. The summed E-state index contributed by atoms with van der Waals surface area (Å²) in [7, 11) is 1.61. The smallest absolute Gasteiger partial charge is 0.243 e.